The van der Waals surface area contributed by atoms with Crippen molar-refractivity contribution in [3.05, 3.63) is 35.5 Å². The normalized spacial score (nSPS) is 17.2. The molecular weight excluding hydrogens is 202 g/mol. The second-order valence-electron chi connectivity index (χ2n) is 4.02. The van der Waals surface area contributed by atoms with Crippen LogP contribution >= 0.6 is 0 Å². The van der Waals surface area contributed by atoms with E-state index in [1.807, 2.05) is 32.9 Å². The van der Waals surface area contributed by atoms with Crippen molar-refractivity contribution in [3.8, 4) is 0 Å². The predicted octanol–water partition coefficient (Wildman–Crippen LogP) is 2.12. The molecule has 0 fully saturated rings. The minimum absolute atomic E-state index is 0.307. The van der Waals surface area contributed by atoms with E-state index >= 15 is 0 Å². The Bertz CT molecular complexity index is 387. The molecule has 0 bridgehead atoms. The maximum Gasteiger partial charge on any atom is 0.258 e. The zero-order valence-electron chi connectivity index (χ0n) is 9.91. The Morgan fingerprint density at radius 2 is 1.69 bits per heavy atom. The fourth-order valence-corrected chi connectivity index (χ4v) is 1.34. The Balaban J connectivity index is 3.04. The second-order valence-corrected chi connectivity index (χ2v) is 4.02. The van der Waals surface area contributed by atoms with Gasteiger partial charge in [0.2, 0.25) is 0 Å². The number of allylic oxidation sites excluding steroid dienone is 2. The van der Waals surface area contributed by atoms with Crippen LogP contribution in [-0.2, 0) is 9.59 Å². The van der Waals surface area contributed by atoms with Gasteiger partial charge in [0, 0.05) is 0 Å². The summed E-state index contributed by atoms with van der Waals surface area (Å²) in [4.78, 5) is 23.0. The summed E-state index contributed by atoms with van der Waals surface area (Å²) in [5, 5.41) is 2.30. The van der Waals surface area contributed by atoms with Crippen LogP contribution in [0.2, 0.25) is 0 Å². The van der Waals surface area contributed by atoms with Crippen molar-refractivity contribution in [1.82, 2.24) is 5.32 Å². The number of imide groups is 1. The molecule has 86 valence electrons. The Kier molecular flexibility index (Phi) is 4.23. The van der Waals surface area contributed by atoms with Crippen molar-refractivity contribution in [3.63, 3.8) is 0 Å². The average molecular weight is 219 g/mol. The molecule has 1 aliphatic rings. The SMILES string of the molecule is CCC=CC1=C(C=CC(C)C)C(=O)NC1=O. The highest BCUT2D eigenvalue weighted by atomic mass is 16.2. The van der Waals surface area contributed by atoms with E-state index in [2.05, 4.69) is 5.32 Å². The number of hydrogen-bond acceptors (Lipinski definition) is 2. The van der Waals surface area contributed by atoms with Crippen LogP contribution in [0.4, 0.5) is 0 Å². The van der Waals surface area contributed by atoms with Gasteiger partial charge in [-0.05, 0) is 12.3 Å². The third-order valence-electron chi connectivity index (χ3n) is 2.17. The monoisotopic (exact) mass is 219 g/mol. The summed E-state index contributed by atoms with van der Waals surface area (Å²) in [6, 6.07) is 0. The maximum absolute atomic E-state index is 11.5. The summed E-state index contributed by atoms with van der Waals surface area (Å²) in [6.45, 7) is 6.02. The topological polar surface area (TPSA) is 46.2 Å². The standard InChI is InChI=1S/C13H17NO2/c1-4-5-6-10-11(8-7-9(2)3)13(16)14-12(10)15/h5-9H,4H2,1-3H3,(H,14,15,16). The number of nitrogens with one attached hydrogen (secondary N) is 1. The van der Waals surface area contributed by atoms with Crippen LogP contribution < -0.4 is 5.32 Å². The van der Waals surface area contributed by atoms with Gasteiger partial charge < -0.3 is 0 Å². The van der Waals surface area contributed by atoms with Crippen molar-refractivity contribution >= 4 is 11.8 Å². The number of hydrogen-bond donors (Lipinski definition) is 1. The molecule has 0 atom stereocenters. The number of carbonyl (C=O) groups excluding carboxylic acids is 2. The van der Waals surface area contributed by atoms with Crippen LogP contribution in [0, 0.1) is 5.92 Å². The van der Waals surface area contributed by atoms with E-state index in [9.17, 15) is 9.59 Å². The quantitative estimate of drug-likeness (QED) is 0.736. The van der Waals surface area contributed by atoms with Gasteiger partial charge in [-0.2, -0.15) is 0 Å². The average Bonchev–Trinajstić information content (AvgIpc) is 2.47. The van der Waals surface area contributed by atoms with Gasteiger partial charge in [-0.3, -0.25) is 14.9 Å². The summed E-state index contributed by atoms with van der Waals surface area (Å²) in [7, 11) is 0. The van der Waals surface area contributed by atoms with Crippen LogP contribution in [0.1, 0.15) is 27.2 Å². The Morgan fingerprint density at radius 3 is 2.19 bits per heavy atom. The van der Waals surface area contributed by atoms with E-state index < -0.39 is 0 Å². The van der Waals surface area contributed by atoms with E-state index in [4.69, 9.17) is 0 Å². The van der Waals surface area contributed by atoms with E-state index in [0.29, 0.717) is 17.1 Å². The summed E-state index contributed by atoms with van der Waals surface area (Å²) >= 11 is 0. The fourth-order valence-electron chi connectivity index (χ4n) is 1.34. The molecule has 0 unspecified atom stereocenters. The van der Waals surface area contributed by atoms with Crippen LogP contribution in [0.25, 0.3) is 0 Å². The van der Waals surface area contributed by atoms with Gasteiger partial charge in [0.05, 0.1) is 11.1 Å². The Hall–Kier alpha value is -1.64. The number of rotatable bonds is 4. The van der Waals surface area contributed by atoms with Crippen LogP contribution in [-0.4, -0.2) is 11.8 Å². The van der Waals surface area contributed by atoms with Gasteiger partial charge in [-0.15, -0.1) is 0 Å². The van der Waals surface area contributed by atoms with E-state index in [1.165, 1.54) is 0 Å². The molecule has 0 radical (unpaired) electrons. The van der Waals surface area contributed by atoms with E-state index in [1.54, 1.807) is 12.2 Å². The minimum atomic E-state index is -0.308. The molecule has 1 aliphatic heterocycles. The van der Waals surface area contributed by atoms with Crippen LogP contribution in [0.3, 0.4) is 0 Å². The summed E-state index contributed by atoms with van der Waals surface area (Å²) < 4.78 is 0. The molecule has 0 saturated heterocycles. The Labute approximate surface area is 95.9 Å². The molecule has 0 aromatic heterocycles. The third kappa shape index (κ3) is 2.92. The van der Waals surface area contributed by atoms with Crippen molar-refractivity contribution in [1.29, 1.82) is 0 Å². The molecule has 0 saturated carbocycles. The first kappa shape index (κ1) is 12.4. The van der Waals surface area contributed by atoms with Gasteiger partial charge in [-0.25, -0.2) is 0 Å². The summed E-state index contributed by atoms with van der Waals surface area (Å²) in [5.41, 5.74) is 0.923. The number of amides is 2. The highest BCUT2D eigenvalue weighted by molar-refractivity contribution is 6.22. The van der Waals surface area contributed by atoms with Gasteiger partial charge in [0.15, 0.2) is 0 Å². The lowest BCUT2D eigenvalue weighted by molar-refractivity contribution is -0.123. The first-order valence-electron chi connectivity index (χ1n) is 5.51. The van der Waals surface area contributed by atoms with Crippen LogP contribution in [0.15, 0.2) is 35.5 Å². The predicted molar refractivity (Wildman–Crippen MR) is 63.6 cm³/mol. The van der Waals surface area contributed by atoms with Gasteiger partial charge in [0.1, 0.15) is 0 Å². The first-order valence-corrected chi connectivity index (χ1v) is 5.51. The molecule has 0 aromatic rings. The highest BCUT2D eigenvalue weighted by Crippen LogP contribution is 2.16. The lowest BCUT2D eigenvalue weighted by Gasteiger charge is -1.95. The third-order valence-corrected chi connectivity index (χ3v) is 2.17. The molecule has 2 amide bonds. The Morgan fingerprint density at radius 1 is 1.12 bits per heavy atom. The zero-order chi connectivity index (χ0) is 12.1. The van der Waals surface area contributed by atoms with Gasteiger partial charge in [-0.1, -0.05) is 45.1 Å². The molecule has 1 N–H and O–H groups in total. The van der Waals surface area contributed by atoms with Crippen molar-refractivity contribution < 1.29 is 9.59 Å². The molecule has 1 heterocycles. The lowest BCUT2D eigenvalue weighted by Crippen LogP contribution is -2.22. The zero-order valence-corrected chi connectivity index (χ0v) is 9.91. The molecule has 0 aromatic carbocycles. The van der Waals surface area contributed by atoms with E-state index in [-0.39, 0.29) is 11.8 Å². The van der Waals surface area contributed by atoms with Crippen molar-refractivity contribution in [2.24, 2.45) is 5.92 Å². The maximum atomic E-state index is 11.5. The highest BCUT2D eigenvalue weighted by Gasteiger charge is 2.26. The van der Waals surface area contributed by atoms with E-state index in [0.717, 1.165) is 6.42 Å². The van der Waals surface area contributed by atoms with Crippen LogP contribution in [0.5, 0.6) is 0 Å². The first-order chi connectivity index (χ1) is 7.56. The molecule has 0 spiro atoms. The second kappa shape index (κ2) is 5.45. The fraction of sp³-hybridized carbons (Fsp3) is 0.385. The smallest absolute Gasteiger partial charge is 0.258 e. The number of carbonyl (C=O) groups is 2. The minimum Gasteiger partial charge on any atom is -0.288 e. The molecular formula is C13H17NO2. The molecule has 0 aliphatic carbocycles. The summed E-state index contributed by atoms with van der Waals surface area (Å²) in [6.07, 6.45) is 8.05. The molecule has 3 nitrogen and oxygen atoms in total. The molecule has 16 heavy (non-hydrogen) atoms. The summed E-state index contributed by atoms with van der Waals surface area (Å²) in [5.74, 6) is -0.261. The molecule has 1 rings (SSSR count). The van der Waals surface area contributed by atoms with Gasteiger partial charge >= 0.3 is 0 Å². The van der Waals surface area contributed by atoms with Crippen molar-refractivity contribution in [2.75, 3.05) is 0 Å². The molecule has 3 heteroatoms. The largest absolute Gasteiger partial charge is 0.288 e. The van der Waals surface area contributed by atoms with Crippen molar-refractivity contribution in [2.45, 2.75) is 27.2 Å². The van der Waals surface area contributed by atoms with Gasteiger partial charge in [0.25, 0.3) is 11.8 Å². The lowest BCUT2D eigenvalue weighted by atomic mass is 10.1.